The van der Waals surface area contributed by atoms with Crippen molar-refractivity contribution >= 4 is 16.6 Å². The Labute approximate surface area is 111 Å². The van der Waals surface area contributed by atoms with E-state index in [1.165, 1.54) is 0 Å². The number of ketones is 1. The van der Waals surface area contributed by atoms with E-state index in [2.05, 4.69) is 0 Å². The van der Waals surface area contributed by atoms with Gasteiger partial charge in [0, 0.05) is 22.1 Å². The van der Waals surface area contributed by atoms with Crippen molar-refractivity contribution in [1.82, 2.24) is 0 Å². The lowest BCUT2D eigenvalue weighted by Gasteiger charge is -2.04. The van der Waals surface area contributed by atoms with Crippen molar-refractivity contribution in [2.75, 3.05) is 18.1 Å². The average molecular weight is 268 g/mol. The van der Waals surface area contributed by atoms with Crippen LogP contribution in [0.2, 0.25) is 0 Å². The van der Waals surface area contributed by atoms with Gasteiger partial charge >= 0.3 is 0 Å². The Kier molecular flexibility index (Phi) is 6.65. The maximum atomic E-state index is 11.9. The van der Waals surface area contributed by atoms with E-state index in [-0.39, 0.29) is 11.5 Å². The predicted molar refractivity (Wildman–Crippen MR) is 74.7 cm³/mol. The summed E-state index contributed by atoms with van der Waals surface area (Å²) in [4.78, 5) is 11.9. The molecular weight excluding hydrogens is 248 g/mol. The SMILES string of the molecule is CCCCS(=O)CC(=O)c1ccc(OCC)cc1. The molecule has 1 unspecified atom stereocenters. The van der Waals surface area contributed by atoms with E-state index in [1.807, 2.05) is 13.8 Å². The summed E-state index contributed by atoms with van der Waals surface area (Å²) in [5.41, 5.74) is 0.600. The van der Waals surface area contributed by atoms with Crippen LogP contribution in [0, 0.1) is 0 Å². The van der Waals surface area contributed by atoms with Crippen LogP contribution in [-0.4, -0.2) is 28.1 Å². The zero-order valence-corrected chi connectivity index (χ0v) is 11.8. The molecule has 1 atom stereocenters. The lowest BCUT2D eigenvalue weighted by molar-refractivity contribution is 0.102. The number of carbonyl (C=O) groups excluding carboxylic acids is 1. The van der Waals surface area contributed by atoms with E-state index in [0.29, 0.717) is 17.9 Å². The number of rotatable bonds is 8. The van der Waals surface area contributed by atoms with E-state index >= 15 is 0 Å². The van der Waals surface area contributed by atoms with Crippen LogP contribution in [0.3, 0.4) is 0 Å². The molecule has 3 nitrogen and oxygen atoms in total. The predicted octanol–water partition coefficient (Wildman–Crippen LogP) is 2.82. The highest BCUT2D eigenvalue weighted by Crippen LogP contribution is 2.12. The summed E-state index contributed by atoms with van der Waals surface area (Å²) in [7, 11) is -1.04. The summed E-state index contributed by atoms with van der Waals surface area (Å²) in [6.07, 6.45) is 1.91. The molecule has 0 radical (unpaired) electrons. The van der Waals surface area contributed by atoms with Gasteiger partial charge in [-0.25, -0.2) is 0 Å². The van der Waals surface area contributed by atoms with Gasteiger partial charge in [-0.2, -0.15) is 0 Å². The van der Waals surface area contributed by atoms with Crippen molar-refractivity contribution in [3.05, 3.63) is 29.8 Å². The van der Waals surface area contributed by atoms with Crippen molar-refractivity contribution in [3.8, 4) is 5.75 Å². The van der Waals surface area contributed by atoms with Gasteiger partial charge in [-0.15, -0.1) is 0 Å². The van der Waals surface area contributed by atoms with E-state index in [1.54, 1.807) is 24.3 Å². The molecule has 0 aliphatic rings. The van der Waals surface area contributed by atoms with E-state index < -0.39 is 10.8 Å². The van der Waals surface area contributed by atoms with Crippen molar-refractivity contribution in [2.24, 2.45) is 0 Å². The van der Waals surface area contributed by atoms with Gasteiger partial charge in [-0.1, -0.05) is 13.3 Å². The third kappa shape index (κ3) is 5.00. The monoisotopic (exact) mass is 268 g/mol. The minimum atomic E-state index is -1.04. The molecule has 0 saturated carbocycles. The number of Topliss-reactive ketones (excluding diaryl/α,β-unsaturated/α-hetero) is 1. The van der Waals surface area contributed by atoms with Crippen molar-refractivity contribution in [1.29, 1.82) is 0 Å². The summed E-state index contributed by atoms with van der Waals surface area (Å²) >= 11 is 0. The minimum Gasteiger partial charge on any atom is -0.494 e. The van der Waals surface area contributed by atoms with Crippen LogP contribution in [-0.2, 0) is 10.8 Å². The fraction of sp³-hybridized carbons (Fsp3) is 0.500. The first-order chi connectivity index (χ1) is 8.67. The molecule has 4 heteroatoms. The normalized spacial score (nSPS) is 12.1. The number of carbonyl (C=O) groups is 1. The molecule has 1 aromatic rings. The molecule has 18 heavy (non-hydrogen) atoms. The second-order valence-corrected chi connectivity index (χ2v) is 5.60. The second kappa shape index (κ2) is 8.03. The molecular formula is C14H20O3S. The van der Waals surface area contributed by atoms with Crippen LogP contribution in [0.4, 0.5) is 0 Å². The van der Waals surface area contributed by atoms with Crippen LogP contribution in [0.25, 0.3) is 0 Å². The molecule has 0 spiro atoms. The first-order valence-electron chi connectivity index (χ1n) is 6.28. The van der Waals surface area contributed by atoms with Crippen LogP contribution >= 0.6 is 0 Å². The van der Waals surface area contributed by atoms with Crippen LogP contribution in [0.5, 0.6) is 5.75 Å². The van der Waals surface area contributed by atoms with Gasteiger partial charge in [0.15, 0.2) is 5.78 Å². The summed E-state index contributed by atoms with van der Waals surface area (Å²) in [6, 6.07) is 6.99. The lowest BCUT2D eigenvalue weighted by atomic mass is 10.1. The molecule has 0 heterocycles. The van der Waals surface area contributed by atoms with Gasteiger partial charge in [-0.05, 0) is 37.6 Å². The third-order valence-corrected chi connectivity index (χ3v) is 3.83. The quantitative estimate of drug-likeness (QED) is 0.681. The molecule has 100 valence electrons. The Morgan fingerprint density at radius 2 is 1.89 bits per heavy atom. The zero-order chi connectivity index (χ0) is 13.4. The Morgan fingerprint density at radius 1 is 1.22 bits per heavy atom. The average Bonchev–Trinajstić information content (AvgIpc) is 2.37. The lowest BCUT2D eigenvalue weighted by Crippen LogP contribution is -2.13. The maximum absolute atomic E-state index is 11.9. The van der Waals surface area contributed by atoms with Crippen LogP contribution in [0.15, 0.2) is 24.3 Å². The van der Waals surface area contributed by atoms with Gasteiger partial charge in [-0.3, -0.25) is 9.00 Å². The standard InChI is InChI=1S/C14H20O3S/c1-3-5-10-18(16)11-14(15)12-6-8-13(9-7-12)17-4-2/h6-9H,3-5,10-11H2,1-2H3. The fourth-order valence-corrected chi connectivity index (χ4v) is 2.72. The topological polar surface area (TPSA) is 43.4 Å². The number of hydrogen-bond donors (Lipinski definition) is 0. The van der Waals surface area contributed by atoms with Crippen molar-refractivity contribution in [3.63, 3.8) is 0 Å². The molecule has 0 aliphatic carbocycles. The Balaban J connectivity index is 2.53. The molecule has 0 aliphatic heterocycles. The smallest absolute Gasteiger partial charge is 0.175 e. The Morgan fingerprint density at radius 3 is 2.44 bits per heavy atom. The maximum Gasteiger partial charge on any atom is 0.175 e. The molecule has 0 aromatic heterocycles. The summed E-state index contributed by atoms with van der Waals surface area (Å²) in [5.74, 6) is 1.42. The summed E-state index contributed by atoms with van der Waals surface area (Å²) in [6.45, 7) is 4.57. The Hall–Kier alpha value is -1.16. The number of unbranched alkanes of at least 4 members (excludes halogenated alkanes) is 1. The van der Waals surface area contributed by atoms with E-state index in [9.17, 15) is 9.00 Å². The fourth-order valence-electron chi connectivity index (χ4n) is 1.51. The number of ether oxygens (including phenoxy) is 1. The second-order valence-electron chi connectivity index (χ2n) is 4.02. The van der Waals surface area contributed by atoms with Crippen molar-refractivity contribution < 1.29 is 13.7 Å². The van der Waals surface area contributed by atoms with Crippen molar-refractivity contribution in [2.45, 2.75) is 26.7 Å². The van der Waals surface area contributed by atoms with Gasteiger partial charge in [0.25, 0.3) is 0 Å². The third-order valence-electron chi connectivity index (χ3n) is 2.50. The van der Waals surface area contributed by atoms with Gasteiger partial charge < -0.3 is 4.74 Å². The van der Waals surface area contributed by atoms with Gasteiger partial charge in [0.2, 0.25) is 0 Å². The van der Waals surface area contributed by atoms with Crippen LogP contribution in [0.1, 0.15) is 37.0 Å². The highest BCUT2D eigenvalue weighted by Gasteiger charge is 2.10. The number of hydrogen-bond acceptors (Lipinski definition) is 3. The first-order valence-corrected chi connectivity index (χ1v) is 7.77. The van der Waals surface area contributed by atoms with Gasteiger partial charge in [0.1, 0.15) is 5.75 Å². The van der Waals surface area contributed by atoms with E-state index in [4.69, 9.17) is 4.74 Å². The molecule has 0 amide bonds. The molecule has 0 bridgehead atoms. The highest BCUT2D eigenvalue weighted by atomic mass is 32.2. The number of benzene rings is 1. The summed E-state index contributed by atoms with van der Waals surface area (Å²) in [5, 5.41) is 0. The molecule has 0 fully saturated rings. The zero-order valence-electron chi connectivity index (χ0n) is 11.0. The molecule has 0 saturated heterocycles. The molecule has 0 N–H and O–H groups in total. The Bertz CT molecular complexity index is 398. The highest BCUT2D eigenvalue weighted by molar-refractivity contribution is 7.85. The van der Waals surface area contributed by atoms with Gasteiger partial charge in [0.05, 0.1) is 12.4 Å². The van der Waals surface area contributed by atoms with Crippen LogP contribution < -0.4 is 4.74 Å². The molecule has 1 aromatic carbocycles. The first kappa shape index (κ1) is 14.9. The molecule has 1 rings (SSSR count). The minimum absolute atomic E-state index is 0.0625. The van der Waals surface area contributed by atoms with E-state index in [0.717, 1.165) is 18.6 Å². The largest absolute Gasteiger partial charge is 0.494 e. The summed E-state index contributed by atoms with van der Waals surface area (Å²) < 4.78 is 16.9.